The van der Waals surface area contributed by atoms with Crippen molar-refractivity contribution < 1.29 is 57.2 Å². The van der Waals surface area contributed by atoms with E-state index in [1.807, 2.05) is 0 Å². The number of rotatable bonds is 84. The minimum absolute atomic E-state index is 0.0791. The quantitative estimate of drug-likeness (QED) is 0.0135. The predicted molar refractivity (Wildman–Crippen MR) is 553 cm³/mol. The summed E-state index contributed by atoms with van der Waals surface area (Å²) in [5.74, 6) is 0.300. The molecule has 0 atom stereocenters. The van der Waals surface area contributed by atoms with Gasteiger partial charge in [0.1, 0.15) is 0 Å². The molecule has 0 saturated carbocycles. The summed E-state index contributed by atoms with van der Waals surface area (Å²) in [6.45, 7) is 13.5. The Morgan fingerprint density at radius 3 is 0.389 bits per heavy atom. The molecule has 4 aromatic carbocycles. The molecule has 0 heterocycles. The molecule has 18 heteroatoms. The predicted octanol–water partition coefficient (Wildman–Crippen LogP) is 35.6. The second-order valence-electron chi connectivity index (χ2n) is 34.2. The van der Waals surface area contributed by atoms with Crippen molar-refractivity contribution in [3.8, 4) is 34.5 Å². The molecule has 708 valence electrons. The van der Waals surface area contributed by atoms with Crippen molar-refractivity contribution in [2.45, 2.75) is 427 Å². The van der Waals surface area contributed by atoms with Gasteiger partial charge in [-0.2, -0.15) is 0 Å². The molecule has 0 radical (unpaired) electrons. The van der Waals surface area contributed by atoms with Gasteiger partial charge < -0.3 is 28.4 Å². The summed E-state index contributed by atoms with van der Waals surface area (Å²) in [5, 5.41) is 13.0. The molecular formula is C108H168O12S6. The molecule has 0 unspecified atom stereocenters. The van der Waals surface area contributed by atoms with E-state index in [0.29, 0.717) is 32.3 Å². The molecule has 0 spiro atoms. The second kappa shape index (κ2) is 80.8. The zero-order valence-electron chi connectivity index (χ0n) is 79.4. The van der Waals surface area contributed by atoms with Crippen LogP contribution in [0.5, 0.6) is 34.5 Å². The summed E-state index contributed by atoms with van der Waals surface area (Å²) < 4.78 is 37.7. The van der Waals surface area contributed by atoms with Crippen LogP contribution in [-0.4, -0.2) is 70.3 Å². The van der Waals surface area contributed by atoms with Gasteiger partial charge in [-0.3, -0.25) is 0 Å². The van der Waals surface area contributed by atoms with Crippen LogP contribution < -0.4 is 28.4 Å². The molecule has 0 aliphatic rings. The molecule has 126 heavy (non-hydrogen) atoms. The maximum absolute atomic E-state index is 14.3. The van der Waals surface area contributed by atoms with Gasteiger partial charge in [0.2, 0.25) is 0 Å². The van der Waals surface area contributed by atoms with Crippen LogP contribution in [0.3, 0.4) is 0 Å². The van der Waals surface area contributed by atoms with Gasteiger partial charge in [-0.25, -0.2) is 28.8 Å². The van der Waals surface area contributed by atoms with E-state index in [1.165, 1.54) is 415 Å². The first kappa shape index (κ1) is 113. The maximum atomic E-state index is 14.3. The Labute approximate surface area is 791 Å². The highest BCUT2D eigenvalue weighted by atomic mass is 32.2. The van der Waals surface area contributed by atoms with E-state index in [9.17, 15) is 28.8 Å². The van der Waals surface area contributed by atoms with Crippen LogP contribution in [0, 0.1) is 0 Å². The Morgan fingerprint density at radius 1 is 0.175 bits per heavy atom. The van der Waals surface area contributed by atoms with Crippen molar-refractivity contribution in [3.05, 3.63) is 105 Å². The van der Waals surface area contributed by atoms with Crippen LogP contribution in [0.1, 0.15) is 427 Å². The number of unbranched alkanes of at least 4 members (excludes halogenated alkanes) is 54. The van der Waals surface area contributed by atoms with Crippen molar-refractivity contribution >= 4 is 139 Å². The SMILES string of the molecule is CCCCCCCCCCCCSC=CC(=O)Oc1cc2c3cc(OC(=O)C=CSCCCCCCCCCCCC)c(OC(=O)C=CSCCCCCCCCCCCC)cc3c3cc(OC(=O)C=CSCCCCCCCCCCCC)c(OC(=O)C=CSCCCCCCCCCCCC)cc3c2cc1OC(=O)C=CSCCCCCCCCCCCC. The highest BCUT2D eigenvalue weighted by Crippen LogP contribution is 2.48. The minimum Gasteiger partial charge on any atom is -0.419 e. The fourth-order valence-electron chi connectivity index (χ4n) is 15.4. The molecule has 4 rings (SSSR count). The van der Waals surface area contributed by atoms with Crippen LogP contribution in [0.4, 0.5) is 0 Å². The Hall–Kier alpha value is -4.98. The first-order valence-corrected chi connectivity index (χ1v) is 56.8. The fourth-order valence-corrected chi connectivity index (χ4v) is 19.7. The molecule has 0 fully saturated rings. The summed E-state index contributed by atoms with van der Waals surface area (Å²) in [4.78, 5) is 85.8. The van der Waals surface area contributed by atoms with E-state index >= 15 is 0 Å². The normalized spacial score (nSPS) is 12.0. The summed E-state index contributed by atoms with van der Waals surface area (Å²) in [7, 11) is 0. The lowest BCUT2D eigenvalue weighted by molar-refractivity contribution is -0.131. The molecule has 12 nitrogen and oxygen atoms in total. The van der Waals surface area contributed by atoms with Gasteiger partial charge in [0.05, 0.1) is 0 Å². The van der Waals surface area contributed by atoms with E-state index in [-0.39, 0.29) is 34.5 Å². The summed E-state index contributed by atoms with van der Waals surface area (Å²) in [5.41, 5.74) is 0. The van der Waals surface area contributed by atoms with Crippen molar-refractivity contribution in [1.82, 2.24) is 0 Å². The van der Waals surface area contributed by atoms with E-state index in [0.717, 1.165) is 112 Å². The fraction of sp³-hybridized carbons (Fsp3) is 0.667. The largest absolute Gasteiger partial charge is 0.419 e. The Kier molecular flexibility index (Phi) is 72.7. The lowest BCUT2D eigenvalue weighted by atomic mass is 9.93. The van der Waals surface area contributed by atoms with Gasteiger partial charge in [-0.05, 0) is 174 Å². The summed E-state index contributed by atoms with van der Waals surface area (Å²) in [6, 6.07) is 9.72. The zero-order chi connectivity index (χ0) is 90.3. The number of thioether (sulfide) groups is 6. The minimum atomic E-state index is -0.701. The molecule has 0 N–H and O–H groups in total. The van der Waals surface area contributed by atoms with Crippen LogP contribution >= 0.6 is 70.6 Å². The first-order valence-electron chi connectivity index (χ1n) is 50.5. The summed E-state index contributed by atoms with van der Waals surface area (Å²) in [6.07, 6.45) is 81.7. The van der Waals surface area contributed by atoms with Crippen LogP contribution in [0.15, 0.2) is 105 Å². The Morgan fingerprint density at radius 2 is 0.278 bits per heavy atom. The lowest BCUT2D eigenvalue weighted by Crippen LogP contribution is -2.10. The zero-order valence-corrected chi connectivity index (χ0v) is 84.3. The lowest BCUT2D eigenvalue weighted by Gasteiger charge is -2.18. The third-order valence-electron chi connectivity index (χ3n) is 22.9. The number of carbonyl (C=O) groups is 6. The van der Waals surface area contributed by atoms with E-state index in [1.54, 1.807) is 68.8 Å². The Balaban J connectivity index is 1.92. The van der Waals surface area contributed by atoms with Crippen LogP contribution in [0.2, 0.25) is 0 Å². The number of benzene rings is 4. The summed E-state index contributed by atoms with van der Waals surface area (Å²) >= 11 is 9.23. The average molecular weight is 1850 g/mol. The third-order valence-corrected chi connectivity index (χ3v) is 28.0. The monoisotopic (exact) mass is 1850 g/mol. The van der Waals surface area contributed by atoms with Gasteiger partial charge in [-0.15, -0.1) is 70.6 Å². The van der Waals surface area contributed by atoms with Gasteiger partial charge in [0, 0.05) is 36.5 Å². The molecule has 4 aromatic rings. The van der Waals surface area contributed by atoms with Crippen LogP contribution in [0.25, 0.3) is 32.3 Å². The molecule has 0 aliphatic heterocycles. The molecule has 0 saturated heterocycles. The van der Waals surface area contributed by atoms with Gasteiger partial charge in [0.25, 0.3) is 0 Å². The number of ether oxygens (including phenoxy) is 6. The highest BCUT2D eigenvalue weighted by molar-refractivity contribution is 8.03. The number of hydrogen-bond donors (Lipinski definition) is 0. The number of fused-ring (bicyclic) bond motifs is 6. The molecule has 0 amide bonds. The van der Waals surface area contributed by atoms with E-state index in [4.69, 9.17) is 28.4 Å². The Bertz CT molecular complexity index is 3070. The van der Waals surface area contributed by atoms with Gasteiger partial charge in [-0.1, -0.05) is 388 Å². The average Bonchev–Trinajstić information content (AvgIpc) is 0.723. The van der Waals surface area contributed by atoms with E-state index in [2.05, 4.69) is 41.5 Å². The van der Waals surface area contributed by atoms with Gasteiger partial charge in [0.15, 0.2) is 34.5 Å². The van der Waals surface area contributed by atoms with Crippen molar-refractivity contribution in [1.29, 1.82) is 0 Å². The topological polar surface area (TPSA) is 158 Å². The van der Waals surface area contributed by atoms with Crippen LogP contribution in [-0.2, 0) is 28.8 Å². The number of hydrogen-bond acceptors (Lipinski definition) is 18. The maximum Gasteiger partial charge on any atom is 0.336 e. The molecular weight excluding hydrogens is 1680 g/mol. The number of esters is 6. The van der Waals surface area contributed by atoms with E-state index < -0.39 is 35.8 Å². The molecule has 0 bridgehead atoms. The molecule has 0 aliphatic carbocycles. The standard InChI is InChI=1S/C108H168O12S6/c1-7-13-19-25-31-37-43-49-55-61-73-121-79-67-103(109)115-97-85-91-92(86-98(97)116-104(110)68-80-122-74-62-56-50-44-38-32-26-20-14-8-2)94-88-100(118-106(112)70-82-124-76-64-58-52-46-40-34-28-22-16-10-4)102(120-108(114)72-84-126-78-66-60-54-48-42-36-30-24-18-12-6)90-96(94)95-89-101(119-107(113)71-83-125-77-65-59-53-47-41-35-29-23-17-11-5)99(87-93(91)95)117-105(111)69-81-123-75-63-57-51-45-39-33-27-21-15-9-3/h67-72,79-90H,7-66,73-78H2,1-6H3. The van der Waals surface area contributed by atoms with Gasteiger partial charge >= 0.3 is 35.8 Å². The number of carbonyl (C=O) groups excluding carboxylic acids is 6. The highest BCUT2D eigenvalue weighted by Gasteiger charge is 2.25. The second-order valence-corrected chi connectivity index (χ2v) is 40.3. The third kappa shape index (κ3) is 58.0. The van der Waals surface area contributed by atoms with Crippen molar-refractivity contribution in [2.24, 2.45) is 0 Å². The van der Waals surface area contributed by atoms with Crippen molar-refractivity contribution in [3.63, 3.8) is 0 Å². The van der Waals surface area contributed by atoms with Crippen molar-refractivity contribution in [2.75, 3.05) is 34.5 Å². The smallest absolute Gasteiger partial charge is 0.336 e. The first-order chi connectivity index (χ1) is 62.0. The molecule has 0 aromatic heterocycles.